The molecule has 21 heavy (non-hydrogen) atoms. The van der Waals surface area contributed by atoms with E-state index in [4.69, 9.17) is 9.47 Å². The van der Waals surface area contributed by atoms with E-state index in [1.54, 1.807) is 0 Å². The molecule has 1 aliphatic carbocycles. The molecule has 1 heterocycles. The van der Waals surface area contributed by atoms with Gasteiger partial charge in [-0.25, -0.2) is 0 Å². The molecule has 0 unspecified atom stereocenters. The fourth-order valence-electron chi connectivity index (χ4n) is 3.28. The number of rotatable bonds is 5. The number of thioether (sulfide) groups is 1. The molecule has 116 valence electrons. The standard InChI is InChI=1S/C17H25NO2S/c1-21-17(7-3-2-4-8-17)13-18-12-14-5-6-15-16(11-14)20-10-9-19-15/h5-6,11,18H,2-4,7-10,12-13H2,1H3. The lowest BCUT2D eigenvalue weighted by Gasteiger charge is -2.36. The first-order valence-electron chi connectivity index (χ1n) is 7.96. The highest BCUT2D eigenvalue weighted by Gasteiger charge is 2.30. The third-order valence-electron chi connectivity index (χ3n) is 4.58. The minimum absolute atomic E-state index is 0.450. The van der Waals surface area contributed by atoms with Crippen molar-refractivity contribution in [1.29, 1.82) is 0 Å². The van der Waals surface area contributed by atoms with Gasteiger partial charge in [0.25, 0.3) is 0 Å². The molecule has 0 atom stereocenters. The lowest BCUT2D eigenvalue weighted by atomic mass is 9.88. The second kappa shape index (κ2) is 6.93. The van der Waals surface area contributed by atoms with Crippen molar-refractivity contribution in [2.75, 3.05) is 26.0 Å². The highest BCUT2D eigenvalue weighted by atomic mass is 32.2. The first-order valence-corrected chi connectivity index (χ1v) is 9.18. The van der Waals surface area contributed by atoms with Gasteiger partial charge in [-0.3, -0.25) is 0 Å². The Morgan fingerprint density at radius 3 is 2.62 bits per heavy atom. The van der Waals surface area contributed by atoms with Crippen molar-refractivity contribution in [2.45, 2.75) is 43.4 Å². The largest absolute Gasteiger partial charge is 0.486 e. The molecule has 1 aliphatic heterocycles. The van der Waals surface area contributed by atoms with Gasteiger partial charge in [-0.05, 0) is 36.8 Å². The predicted molar refractivity (Wildman–Crippen MR) is 88.5 cm³/mol. The van der Waals surface area contributed by atoms with Crippen LogP contribution in [0.2, 0.25) is 0 Å². The number of ether oxygens (including phenoxy) is 2. The third-order valence-corrected chi connectivity index (χ3v) is 6.00. The van der Waals surface area contributed by atoms with Gasteiger partial charge in [-0.15, -0.1) is 0 Å². The molecule has 1 N–H and O–H groups in total. The molecule has 0 radical (unpaired) electrons. The highest BCUT2D eigenvalue weighted by Crippen LogP contribution is 2.38. The SMILES string of the molecule is CSC1(CNCc2ccc3c(c2)OCCO3)CCCCC1. The fraction of sp³-hybridized carbons (Fsp3) is 0.647. The Hall–Kier alpha value is -0.870. The summed E-state index contributed by atoms with van der Waals surface area (Å²) in [5.41, 5.74) is 1.27. The summed E-state index contributed by atoms with van der Waals surface area (Å²) in [6.45, 7) is 3.31. The lowest BCUT2D eigenvalue weighted by molar-refractivity contribution is 0.171. The zero-order chi connectivity index (χ0) is 14.5. The maximum Gasteiger partial charge on any atom is 0.161 e. The minimum atomic E-state index is 0.450. The van der Waals surface area contributed by atoms with Crippen molar-refractivity contribution in [3.05, 3.63) is 23.8 Å². The molecule has 2 aliphatic rings. The quantitative estimate of drug-likeness (QED) is 0.900. The molecule has 0 saturated heterocycles. The number of benzene rings is 1. The van der Waals surface area contributed by atoms with Crippen LogP contribution in [0, 0.1) is 0 Å². The summed E-state index contributed by atoms with van der Waals surface area (Å²) in [4.78, 5) is 0. The molecule has 0 amide bonds. The molecule has 1 fully saturated rings. The van der Waals surface area contributed by atoms with Crippen molar-refractivity contribution < 1.29 is 9.47 Å². The van der Waals surface area contributed by atoms with E-state index in [-0.39, 0.29) is 0 Å². The van der Waals surface area contributed by atoms with Crippen LogP contribution in [0.5, 0.6) is 11.5 Å². The van der Waals surface area contributed by atoms with Crippen LogP contribution in [-0.2, 0) is 6.54 Å². The predicted octanol–water partition coefficient (Wildman–Crippen LogP) is 3.61. The van der Waals surface area contributed by atoms with Crippen LogP contribution in [0.3, 0.4) is 0 Å². The van der Waals surface area contributed by atoms with Crippen LogP contribution < -0.4 is 14.8 Å². The topological polar surface area (TPSA) is 30.5 Å². The molecule has 4 heteroatoms. The molecule has 0 aromatic heterocycles. The zero-order valence-corrected chi connectivity index (χ0v) is 13.6. The van der Waals surface area contributed by atoms with Gasteiger partial charge in [0.05, 0.1) is 0 Å². The summed E-state index contributed by atoms with van der Waals surface area (Å²) in [7, 11) is 0. The normalized spacial score (nSPS) is 20.2. The summed E-state index contributed by atoms with van der Waals surface area (Å²) in [5.74, 6) is 1.76. The molecule has 1 saturated carbocycles. The van der Waals surface area contributed by atoms with E-state index in [0.717, 1.165) is 24.6 Å². The number of nitrogens with one attached hydrogen (secondary N) is 1. The Balaban J connectivity index is 1.55. The van der Waals surface area contributed by atoms with E-state index in [1.165, 1.54) is 37.7 Å². The molecule has 1 aromatic carbocycles. The summed E-state index contributed by atoms with van der Waals surface area (Å²) >= 11 is 2.04. The Morgan fingerprint density at radius 1 is 1.10 bits per heavy atom. The summed E-state index contributed by atoms with van der Waals surface area (Å²) in [6.07, 6.45) is 9.13. The van der Waals surface area contributed by atoms with Gasteiger partial charge in [0.15, 0.2) is 11.5 Å². The van der Waals surface area contributed by atoms with Gasteiger partial charge in [-0.1, -0.05) is 25.3 Å². The molecule has 0 spiro atoms. The fourth-order valence-corrected chi connectivity index (χ4v) is 4.22. The first-order chi connectivity index (χ1) is 10.3. The number of hydrogen-bond acceptors (Lipinski definition) is 4. The van der Waals surface area contributed by atoms with Crippen LogP contribution in [0.4, 0.5) is 0 Å². The molecule has 3 rings (SSSR count). The Morgan fingerprint density at radius 2 is 1.86 bits per heavy atom. The zero-order valence-electron chi connectivity index (χ0n) is 12.8. The average molecular weight is 307 g/mol. The second-order valence-electron chi connectivity index (χ2n) is 6.03. The number of fused-ring (bicyclic) bond motifs is 1. The average Bonchev–Trinajstić information content (AvgIpc) is 2.55. The summed E-state index contributed by atoms with van der Waals surface area (Å²) in [5, 5.41) is 3.65. The van der Waals surface area contributed by atoms with Crippen LogP contribution >= 0.6 is 11.8 Å². The van der Waals surface area contributed by atoms with Crippen molar-refractivity contribution in [3.63, 3.8) is 0 Å². The van der Waals surface area contributed by atoms with Gasteiger partial charge < -0.3 is 14.8 Å². The van der Waals surface area contributed by atoms with Gasteiger partial charge in [0.2, 0.25) is 0 Å². The number of hydrogen-bond donors (Lipinski definition) is 1. The third kappa shape index (κ3) is 3.67. The first kappa shape index (κ1) is 15.0. The van der Waals surface area contributed by atoms with Gasteiger partial charge in [-0.2, -0.15) is 11.8 Å². The van der Waals surface area contributed by atoms with Crippen LogP contribution in [0.25, 0.3) is 0 Å². The van der Waals surface area contributed by atoms with E-state index < -0.39 is 0 Å². The summed E-state index contributed by atoms with van der Waals surface area (Å²) in [6, 6.07) is 6.26. The van der Waals surface area contributed by atoms with Crippen molar-refractivity contribution in [3.8, 4) is 11.5 Å². The van der Waals surface area contributed by atoms with Crippen molar-refractivity contribution in [1.82, 2.24) is 5.32 Å². The molecule has 3 nitrogen and oxygen atoms in total. The van der Waals surface area contributed by atoms with Gasteiger partial charge in [0.1, 0.15) is 13.2 Å². The maximum absolute atomic E-state index is 5.64. The van der Waals surface area contributed by atoms with E-state index in [1.807, 2.05) is 17.8 Å². The van der Waals surface area contributed by atoms with E-state index >= 15 is 0 Å². The van der Waals surface area contributed by atoms with E-state index in [9.17, 15) is 0 Å². The van der Waals surface area contributed by atoms with Crippen molar-refractivity contribution >= 4 is 11.8 Å². The van der Waals surface area contributed by atoms with Gasteiger partial charge >= 0.3 is 0 Å². The summed E-state index contributed by atoms with van der Waals surface area (Å²) < 4.78 is 11.7. The lowest BCUT2D eigenvalue weighted by Crippen LogP contribution is -2.39. The Labute approximate surface area is 131 Å². The molecular weight excluding hydrogens is 282 g/mol. The van der Waals surface area contributed by atoms with Crippen LogP contribution in [0.1, 0.15) is 37.7 Å². The minimum Gasteiger partial charge on any atom is -0.486 e. The highest BCUT2D eigenvalue weighted by molar-refractivity contribution is 8.00. The molecule has 0 bridgehead atoms. The monoisotopic (exact) mass is 307 g/mol. The van der Waals surface area contributed by atoms with Crippen molar-refractivity contribution in [2.24, 2.45) is 0 Å². The Bertz CT molecular complexity index is 472. The van der Waals surface area contributed by atoms with Gasteiger partial charge in [0, 0.05) is 17.8 Å². The van der Waals surface area contributed by atoms with Crippen LogP contribution in [-0.4, -0.2) is 30.8 Å². The molecule has 1 aromatic rings. The molecular formula is C17H25NO2S. The van der Waals surface area contributed by atoms with E-state index in [0.29, 0.717) is 18.0 Å². The Kier molecular flexibility index (Phi) is 4.96. The second-order valence-corrected chi connectivity index (χ2v) is 7.30. The smallest absolute Gasteiger partial charge is 0.161 e. The maximum atomic E-state index is 5.64. The van der Waals surface area contributed by atoms with E-state index in [2.05, 4.69) is 23.7 Å². The van der Waals surface area contributed by atoms with Crippen LogP contribution in [0.15, 0.2) is 18.2 Å².